The van der Waals surface area contributed by atoms with Crippen LogP contribution in [-0.4, -0.2) is 17.1 Å². The van der Waals surface area contributed by atoms with Gasteiger partial charge in [-0.25, -0.2) is 4.98 Å². The van der Waals surface area contributed by atoms with Crippen LogP contribution in [0.3, 0.4) is 0 Å². The molecule has 1 heterocycles. The summed E-state index contributed by atoms with van der Waals surface area (Å²) in [5.74, 6) is 1.95. The maximum absolute atomic E-state index is 5.72. The molecule has 84 valence electrons. The first-order valence-corrected chi connectivity index (χ1v) is 6.01. The molecule has 0 amide bonds. The third-order valence-corrected chi connectivity index (χ3v) is 2.97. The van der Waals surface area contributed by atoms with Crippen molar-refractivity contribution in [2.75, 3.05) is 7.11 Å². The van der Waals surface area contributed by atoms with Gasteiger partial charge in [-0.2, -0.15) is 0 Å². The number of nitrogens with one attached hydrogen (secondary N) is 1. The van der Waals surface area contributed by atoms with Gasteiger partial charge in [0.1, 0.15) is 11.6 Å². The maximum atomic E-state index is 5.72. The highest BCUT2D eigenvalue weighted by Gasteiger charge is 2.09. The van der Waals surface area contributed by atoms with Gasteiger partial charge in [0.05, 0.1) is 18.6 Å². The SMILES string of the molecule is COc1ccc(Br)cc1-c1ncc(CCl)[nH]1. The molecule has 0 aliphatic carbocycles. The monoisotopic (exact) mass is 300 g/mol. The Morgan fingerprint density at radius 2 is 2.31 bits per heavy atom. The molecule has 0 unspecified atom stereocenters. The highest BCUT2D eigenvalue weighted by molar-refractivity contribution is 9.10. The second kappa shape index (κ2) is 4.89. The van der Waals surface area contributed by atoms with Crippen molar-refractivity contribution >= 4 is 27.5 Å². The lowest BCUT2D eigenvalue weighted by Crippen LogP contribution is -1.89. The Labute approximate surface area is 107 Å². The van der Waals surface area contributed by atoms with Crippen molar-refractivity contribution in [2.45, 2.75) is 5.88 Å². The minimum Gasteiger partial charge on any atom is -0.496 e. The van der Waals surface area contributed by atoms with Gasteiger partial charge in [0, 0.05) is 16.4 Å². The van der Waals surface area contributed by atoms with E-state index in [1.807, 2.05) is 18.2 Å². The van der Waals surface area contributed by atoms with Crippen LogP contribution in [0.15, 0.2) is 28.9 Å². The summed E-state index contributed by atoms with van der Waals surface area (Å²) in [6, 6.07) is 5.77. The molecule has 5 heteroatoms. The standard InChI is InChI=1S/C11H10BrClN2O/c1-16-10-3-2-7(12)4-9(10)11-14-6-8(5-13)15-11/h2-4,6H,5H2,1H3,(H,14,15). The third-order valence-electron chi connectivity index (χ3n) is 2.19. The highest BCUT2D eigenvalue weighted by atomic mass is 79.9. The van der Waals surface area contributed by atoms with Gasteiger partial charge in [-0.3, -0.25) is 0 Å². The van der Waals surface area contributed by atoms with Crippen LogP contribution < -0.4 is 4.74 Å². The summed E-state index contributed by atoms with van der Waals surface area (Å²) in [5, 5.41) is 0. The van der Waals surface area contributed by atoms with Crippen LogP contribution in [0.4, 0.5) is 0 Å². The summed E-state index contributed by atoms with van der Waals surface area (Å²) in [6.07, 6.45) is 1.72. The predicted molar refractivity (Wildman–Crippen MR) is 67.8 cm³/mol. The Kier molecular flexibility index (Phi) is 3.51. The molecule has 16 heavy (non-hydrogen) atoms. The highest BCUT2D eigenvalue weighted by Crippen LogP contribution is 2.30. The second-order valence-corrected chi connectivity index (χ2v) is 4.42. The number of aromatic amines is 1. The molecule has 0 aliphatic rings. The van der Waals surface area contributed by atoms with Crippen molar-refractivity contribution in [3.63, 3.8) is 0 Å². The Hall–Kier alpha value is -1.00. The average Bonchev–Trinajstić information content (AvgIpc) is 2.77. The fourth-order valence-corrected chi connectivity index (χ4v) is 1.93. The first-order valence-electron chi connectivity index (χ1n) is 4.68. The Morgan fingerprint density at radius 1 is 1.50 bits per heavy atom. The maximum Gasteiger partial charge on any atom is 0.141 e. The van der Waals surface area contributed by atoms with Crippen LogP contribution in [0.25, 0.3) is 11.4 Å². The van der Waals surface area contributed by atoms with E-state index in [1.165, 1.54) is 0 Å². The first-order chi connectivity index (χ1) is 7.74. The molecule has 1 aromatic carbocycles. The van der Waals surface area contributed by atoms with Crippen LogP contribution in [0, 0.1) is 0 Å². The fraction of sp³-hybridized carbons (Fsp3) is 0.182. The average molecular weight is 302 g/mol. The number of halogens is 2. The fourth-order valence-electron chi connectivity index (χ4n) is 1.43. The molecule has 0 fully saturated rings. The molecule has 1 N–H and O–H groups in total. The summed E-state index contributed by atoms with van der Waals surface area (Å²) in [5.41, 5.74) is 1.80. The lowest BCUT2D eigenvalue weighted by atomic mass is 10.2. The number of nitrogens with zero attached hydrogens (tertiary/aromatic N) is 1. The van der Waals surface area contributed by atoms with Gasteiger partial charge < -0.3 is 9.72 Å². The summed E-state index contributed by atoms with van der Waals surface area (Å²) in [7, 11) is 1.64. The van der Waals surface area contributed by atoms with E-state index in [2.05, 4.69) is 25.9 Å². The molecule has 0 radical (unpaired) electrons. The molecule has 2 aromatic rings. The summed E-state index contributed by atoms with van der Waals surface area (Å²) >= 11 is 9.14. The van der Waals surface area contributed by atoms with Gasteiger partial charge in [-0.1, -0.05) is 15.9 Å². The number of rotatable bonds is 3. The zero-order chi connectivity index (χ0) is 11.5. The Bertz CT molecular complexity index is 498. The van der Waals surface area contributed by atoms with Gasteiger partial charge >= 0.3 is 0 Å². The van der Waals surface area contributed by atoms with E-state index in [-0.39, 0.29) is 0 Å². The number of ether oxygens (including phenoxy) is 1. The molecule has 0 bridgehead atoms. The zero-order valence-corrected chi connectivity index (χ0v) is 11.0. The van der Waals surface area contributed by atoms with Crippen LogP contribution in [0.2, 0.25) is 0 Å². The molecule has 0 aliphatic heterocycles. The topological polar surface area (TPSA) is 37.9 Å². The van der Waals surface area contributed by atoms with Gasteiger partial charge in [-0.05, 0) is 18.2 Å². The van der Waals surface area contributed by atoms with Gasteiger partial charge in [-0.15, -0.1) is 11.6 Å². The zero-order valence-electron chi connectivity index (χ0n) is 8.63. The van der Waals surface area contributed by atoms with Crippen molar-refractivity contribution in [3.8, 4) is 17.1 Å². The number of hydrogen-bond donors (Lipinski definition) is 1. The van der Waals surface area contributed by atoms with Crippen LogP contribution in [0.1, 0.15) is 5.69 Å². The van der Waals surface area contributed by atoms with Gasteiger partial charge in [0.25, 0.3) is 0 Å². The minimum atomic E-state index is 0.420. The quantitative estimate of drug-likeness (QED) is 0.880. The van der Waals surface area contributed by atoms with Gasteiger partial charge in [0.2, 0.25) is 0 Å². The van der Waals surface area contributed by atoms with E-state index in [0.29, 0.717) is 5.88 Å². The number of aromatic nitrogens is 2. The molecular weight excluding hydrogens is 291 g/mol. The molecule has 0 saturated heterocycles. The molecular formula is C11H10BrClN2O. The van der Waals surface area contributed by atoms with E-state index in [4.69, 9.17) is 16.3 Å². The predicted octanol–water partition coefficient (Wildman–Crippen LogP) is 3.59. The van der Waals surface area contributed by atoms with Crippen LogP contribution in [0.5, 0.6) is 5.75 Å². The van der Waals surface area contributed by atoms with Crippen molar-refractivity contribution in [1.29, 1.82) is 0 Å². The molecule has 0 atom stereocenters. The lowest BCUT2D eigenvalue weighted by molar-refractivity contribution is 0.416. The van der Waals surface area contributed by atoms with Gasteiger partial charge in [0.15, 0.2) is 0 Å². The van der Waals surface area contributed by atoms with E-state index in [0.717, 1.165) is 27.3 Å². The number of imidazole rings is 1. The van der Waals surface area contributed by atoms with E-state index in [9.17, 15) is 0 Å². The number of benzene rings is 1. The van der Waals surface area contributed by atoms with E-state index >= 15 is 0 Å². The minimum absolute atomic E-state index is 0.420. The summed E-state index contributed by atoms with van der Waals surface area (Å²) in [4.78, 5) is 7.40. The molecule has 3 nitrogen and oxygen atoms in total. The van der Waals surface area contributed by atoms with Crippen molar-refractivity contribution in [2.24, 2.45) is 0 Å². The second-order valence-electron chi connectivity index (χ2n) is 3.24. The van der Waals surface area contributed by atoms with Crippen molar-refractivity contribution in [1.82, 2.24) is 9.97 Å². The number of H-pyrrole nitrogens is 1. The largest absolute Gasteiger partial charge is 0.496 e. The van der Waals surface area contributed by atoms with E-state index in [1.54, 1.807) is 13.3 Å². The number of alkyl halides is 1. The Morgan fingerprint density at radius 3 is 2.94 bits per heavy atom. The summed E-state index contributed by atoms with van der Waals surface area (Å²) < 4.78 is 6.26. The lowest BCUT2D eigenvalue weighted by Gasteiger charge is -2.06. The number of hydrogen-bond acceptors (Lipinski definition) is 2. The molecule has 0 saturated carbocycles. The smallest absolute Gasteiger partial charge is 0.141 e. The van der Waals surface area contributed by atoms with E-state index < -0.39 is 0 Å². The molecule has 0 spiro atoms. The molecule has 1 aromatic heterocycles. The molecule has 2 rings (SSSR count). The normalized spacial score (nSPS) is 10.4. The third kappa shape index (κ3) is 2.23. The summed E-state index contributed by atoms with van der Waals surface area (Å²) in [6.45, 7) is 0. The van der Waals surface area contributed by atoms with Crippen molar-refractivity contribution in [3.05, 3.63) is 34.6 Å². The Balaban J connectivity index is 2.49. The van der Waals surface area contributed by atoms with Crippen molar-refractivity contribution < 1.29 is 4.74 Å². The van der Waals surface area contributed by atoms with Crippen LogP contribution >= 0.6 is 27.5 Å². The van der Waals surface area contributed by atoms with Crippen LogP contribution in [-0.2, 0) is 5.88 Å². The first kappa shape index (κ1) is 11.5. The number of methoxy groups -OCH3 is 1.